The second kappa shape index (κ2) is 16.9. The van der Waals surface area contributed by atoms with Crippen LogP contribution in [0.25, 0.3) is 55.7 Å². The maximum absolute atomic E-state index is 8.76. The Morgan fingerprint density at radius 1 is 0.875 bits per heavy atom. The molecule has 291 valence electrons. The quantitative estimate of drug-likeness (QED) is 0.118. The monoisotopic (exact) mass is 985 g/mol. The zero-order valence-corrected chi connectivity index (χ0v) is 38.3. The first-order valence-electron chi connectivity index (χ1n) is 22.0. The average Bonchev–Trinajstić information content (AvgIpc) is 3.90. The molecule has 4 nitrogen and oxygen atoms in total. The van der Waals surface area contributed by atoms with Crippen molar-refractivity contribution in [2.45, 2.75) is 96.2 Å². The molecular weight excluding hydrogens is 923 g/mol. The number of furan rings is 1. The van der Waals surface area contributed by atoms with E-state index in [0.29, 0.717) is 17.2 Å². The van der Waals surface area contributed by atoms with Gasteiger partial charge < -0.3 is 9.40 Å². The summed E-state index contributed by atoms with van der Waals surface area (Å²) in [4.78, 5) is 13.7. The summed E-state index contributed by atoms with van der Waals surface area (Å²) in [6.07, 6.45) is 7.49. The standard InChI is InChI=1S/C31H29N2O.C19H26GeN.Ir/c1-20-13-14-26-28-24(21-9-5-4-6-10-21)15-16-25(29(28)34-30(26)33-20)27-19-23(17-18-32-27)31(2,3)22-11-7-8-12-22;1-19(2,3)13-16-12-18(15-10-8-7-9-11-15)21-14-17(16)20(4,5)6;/h4-6,9-10,13-15,17-19,22H,7-8,11-12H2,1-3H3;7-10,12,14H,13H2,1-6H3;/q2*-1;/i1D3;13D2;. The number of hydrogen-bond donors (Lipinski definition) is 0. The largest absolute Gasteiger partial charge is 0 e. The van der Waals surface area contributed by atoms with E-state index in [-0.39, 0.29) is 31.2 Å². The molecule has 7 aromatic rings. The van der Waals surface area contributed by atoms with Gasteiger partial charge in [0.05, 0.1) is 5.58 Å². The number of pyridine rings is 3. The fraction of sp³-hybridized carbons (Fsp3) is 0.340. The van der Waals surface area contributed by atoms with Crippen LogP contribution in [0.1, 0.15) is 84.0 Å². The Balaban J connectivity index is 0.000000225. The minimum Gasteiger partial charge on any atom is 0 e. The summed E-state index contributed by atoms with van der Waals surface area (Å²) in [5.74, 6) is 7.51. The fourth-order valence-electron chi connectivity index (χ4n) is 7.85. The molecule has 0 amide bonds. The van der Waals surface area contributed by atoms with Crippen LogP contribution in [-0.2, 0) is 31.9 Å². The van der Waals surface area contributed by atoms with E-state index in [1.807, 2.05) is 99.9 Å². The molecule has 0 unspecified atom stereocenters. The molecule has 1 fully saturated rings. The first-order chi connectivity index (χ1) is 28.2. The minimum absolute atomic E-state index is 0. The van der Waals surface area contributed by atoms with Crippen molar-refractivity contribution in [3.8, 4) is 33.6 Å². The van der Waals surface area contributed by atoms with Crippen molar-refractivity contribution in [3.05, 3.63) is 132 Å². The molecule has 1 aliphatic carbocycles. The molecule has 0 atom stereocenters. The van der Waals surface area contributed by atoms with Crippen molar-refractivity contribution in [1.29, 1.82) is 0 Å². The average molecular weight is 984 g/mol. The number of benzene rings is 3. The van der Waals surface area contributed by atoms with Crippen LogP contribution in [0, 0.1) is 30.3 Å². The predicted octanol–water partition coefficient (Wildman–Crippen LogP) is 13.0. The van der Waals surface area contributed by atoms with Gasteiger partial charge in [0, 0.05) is 41.5 Å². The third-order valence-corrected chi connectivity index (χ3v) is 15.1. The van der Waals surface area contributed by atoms with Crippen LogP contribution in [0.2, 0.25) is 17.3 Å². The van der Waals surface area contributed by atoms with E-state index in [1.54, 1.807) is 12.1 Å². The number of fused-ring (bicyclic) bond motifs is 3. The van der Waals surface area contributed by atoms with Crippen LogP contribution in [0.4, 0.5) is 0 Å². The normalized spacial score (nSPS) is 15.5. The first kappa shape index (κ1) is 35.3. The van der Waals surface area contributed by atoms with Gasteiger partial charge in [0.2, 0.25) is 5.71 Å². The van der Waals surface area contributed by atoms with Gasteiger partial charge in [-0.25, -0.2) is 4.98 Å². The number of aryl methyl sites for hydroxylation is 1. The van der Waals surface area contributed by atoms with E-state index in [0.717, 1.165) is 54.4 Å². The summed E-state index contributed by atoms with van der Waals surface area (Å²) in [6.45, 7) is 8.23. The van der Waals surface area contributed by atoms with Gasteiger partial charge in [-0.15, -0.1) is 12.1 Å². The molecule has 8 rings (SSSR count). The maximum atomic E-state index is 8.76. The summed E-state index contributed by atoms with van der Waals surface area (Å²) in [5, 5.41) is 1.67. The van der Waals surface area contributed by atoms with Crippen molar-refractivity contribution >= 4 is 39.7 Å². The summed E-state index contributed by atoms with van der Waals surface area (Å²) in [7, 11) is 0. The van der Waals surface area contributed by atoms with Gasteiger partial charge in [-0.3, -0.25) is 0 Å². The zero-order chi connectivity index (χ0) is 43.3. The molecule has 56 heavy (non-hydrogen) atoms. The maximum Gasteiger partial charge on any atom is 0 e. The molecule has 0 N–H and O–H groups in total. The first-order valence-corrected chi connectivity index (χ1v) is 26.8. The molecule has 4 heterocycles. The topological polar surface area (TPSA) is 51.8 Å². The van der Waals surface area contributed by atoms with Gasteiger partial charge in [-0.2, -0.15) is 0 Å². The molecule has 0 aliphatic heterocycles. The Morgan fingerprint density at radius 3 is 2.30 bits per heavy atom. The Labute approximate surface area is 357 Å². The van der Waals surface area contributed by atoms with Gasteiger partial charge in [-0.05, 0) is 65.9 Å². The van der Waals surface area contributed by atoms with Crippen LogP contribution in [0.15, 0.2) is 108 Å². The van der Waals surface area contributed by atoms with E-state index < -0.39 is 31.9 Å². The smallest absolute Gasteiger partial charge is 0 e. The van der Waals surface area contributed by atoms with Crippen molar-refractivity contribution in [1.82, 2.24) is 15.0 Å². The molecule has 3 aromatic carbocycles. The van der Waals surface area contributed by atoms with E-state index in [2.05, 4.69) is 65.3 Å². The fourth-order valence-corrected chi connectivity index (χ4v) is 10.8. The molecule has 1 saturated carbocycles. The molecule has 0 saturated heterocycles. The van der Waals surface area contributed by atoms with Crippen LogP contribution < -0.4 is 4.40 Å². The molecule has 0 bridgehead atoms. The van der Waals surface area contributed by atoms with E-state index >= 15 is 0 Å². The van der Waals surface area contributed by atoms with Gasteiger partial charge >= 0.3 is 135 Å². The van der Waals surface area contributed by atoms with Crippen LogP contribution >= 0.6 is 0 Å². The molecule has 1 aliphatic rings. The second-order valence-electron chi connectivity index (χ2n) is 17.4. The van der Waals surface area contributed by atoms with Crippen molar-refractivity contribution < 1.29 is 31.4 Å². The van der Waals surface area contributed by atoms with Gasteiger partial charge in [-0.1, -0.05) is 79.8 Å². The Morgan fingerprint density at radius 2 is 1.62 bits per heavy atom. The summed E-state index contributed by atoms with van der Waals surface area (Å²) >= 11 is -2.24. The molecule has 0 spiro atoms. The van der Waals surface area contributed by atoms with Crippen molar-refractivity contribution in [3.63, 3.8) is 0 Å². The van der Waals surface area contributed by atoms with Crippen LogP contribution in [0.3, 0.4) is 0 Å². The van der Waals surface area contributed by atoms with E-state index in [4.69, 9.17) is 16.3 Å². The Bertz CT molecular complexity index is 2630. The van der Waals surface area contributed by atoms with Crippen LogP contribution in [0.5, 0.6) is 0 Å². The Hall–Kier alpha value is -3.90. The van der Waals surface area contributed by atoms with Gasteiger partial charge in [0.1, 0.15) is 0 Å². The summed E-state index contributed by atoms with van der Waals surface area (Å²) < 4.78 is 48.4. The van der Waals surface area contributed by atoms with Gasteiger partial charge in [0.15, 0.2) is 0 Å². The number of aromatic nitrogens is 3. The summed E-state index contributed by atoms with van der Waals surface area (Å²) in [5.41, 5.74) is 7.83. The van der Waals surface area contributed by atoms with Gasteiger partial charge in [0.25, 0.3) is 0 Å². The Kier molecular flexibility index (Phi) is 10.7. The SMILES string of the molecule is [2H]C([2H])([2H])c1ccc2c(n1)oc1c(-c3cc(C(C)(C)C4CCCC4)ccn3)[c-]cc(-c3ccccc3)c12.[2H]C([2H])(c1cc(-c2[c-]cccc2)nc[c]1[Ge]([CH3])([CH3])[CH3])C(C)(C)C.[Ir]. The number of rotatable bonds is 7. The van der Waals surface area contributed by atoms with Crippen molar-refractivity contribution in [2.75, 3.05) is 0 Å². The van der Waals surface area contributed by atoms with E-state index in [9.17, 15) is 0 Å². The van der Waals surface area contributed by atoms with Crippen molar-refractivity contribution in [2.24, 2.45) is 11.3 Å². The predicted molar refractivity (Wildman–Crippen MR) is 233 cm³/mol. The molecule has 6 heteroatoms. The number of hydrogen-bond acceptors (Lipinski definition) is 4. The molecular formula is C50H55GeIrN3O-2. The number of nitrogens with zero attached hydrogens (tertiary/aromatic N) is 3. The second-order valence-corrected chi connectivity index (χ2v) is 28.0. The van der Waals surface area contributed by atoms with E-state index in [1.165, 1.54) is 31.2 Å². The minimum atomic E-state index is -2.31. The molecule has 1 radical (unpaired) electrons. The molecule has 4 aromatic heterocycles. The van der Waals surface area contributed by atoms with Crippen LogP contribution in [-0.4, -0.2) is 28.2 Å². The summed E-state index contributed by atoms with van der Waals surface area (Å²) in [6, 6.07) is 36.0. The third-order valence-electron chi connectivity index (χ3n) is 10.8. The zero-order valence-electron chi connectivity index (χ0n) is 38.8. The third kappa shape index (κ3) is 9.12.